The molecule has 2 N–H and O–H groups in total. The number of hydrogen-bond acceptors (Lipinski definition) is 4. The Kier molecular flexibility index (Phi) is 4.69. The Morgan fingerprint density at radius 3 is 2.76 bits per heavy atom. The molecule has 106 valence electrons. The molecule has 6 heteroatoms. The molecule has 0 fully saturated rings. The lowest BCUT2D eigenvalue weighted by Crippen LogP contribution is -2.41. The normalized spacial score (nSPS) is 11.2. The van der Waals surface area contributed by atoms with Gasteiger partial charge in [-0.2, -0.15) is 5.26 Å². The minimum Gasteiger partial charge on any atom is -0.340 e. The van der Waals surface area contributed by atoms with E-state index in [0.29, 0.717) is 16.1 Å². The lowest BCUT2D eigenvalue weighted by Gasteiger charge is -2.13. The zero-order valence-electron chi connectivity index (χ0n) is 11.3. The molecule has 1 atom stereocenters. The molecule has 0 saturated heterocycles. The number of nitrogens with one attached hydrogen (secondary N) is 2. The molecule has 1 aromatic heterocycles. The van der Waals surface area contributed by atoms with E-state index in [-0.39, 0.29) is 11.8 Å². The van der Waals surface area contributed by atoms with E-state index in [4.69, 9.17) is 5.26 Å². The molecule has 1 heterocycles. The van der Waals surface area contributed by atoms with Crippen LogP contribution in [0.1, 0.15) is 22.2 Å². The number of thiophene rings is 1. The summed E-state index contributed by atoms with van der Waals surface area (Å²) < 4.78 is 0. The van der Waals surface area contributed by atoms with Crippen molar-refractivity contribution in [2.75, 3.05) is 5.32 Å². The summed E-state index contributed by atoms with van der Waals surface area (Å²) in [4.78, 5) is 24.4. The second-order valence-corrected chi connectivity index (χ2v) is 5.30. The van der Waals surface area contributed by atoms with Crippen LogP contribution in [0.25, 0.3) is 0 Å². The highest BCUT2D eigenvalue weighted by Gasteiger charge is 2.17. The summed E-state index contributed by atoms with van der Waals surface area (Å²) in [5, 5.41) is 15.9. The van der Waals surface area contributed by atoms with Crippen LogP contribution in [0.5, 0.6) is 0 Å². The zero-order valence-corrected chi connectivity index (χ0v) is 12.1. The molecule has 2 amide bonds. The summed E-state index contributed by atoms with van der Waals surface area (Å²) in [7, 11) is 0. The Bertz CT molecular complexity index is 689. The van der Waals surface area contributed by atoms with Gasteiger partial charge in [-0.15, -0.1) is 11.3 Å². The lowest BCUT2D eigenvalue weighted by molar-refractivity contribution is -0.117. The van der Waals surface area contributed by atoms with Crippen molar-refractivity contribution in [1.82, 2.24) is 5.32 Å². The molecule has 0 saturated carbocycles. The number of hydrogen-bond donors (Lipinski definition) is 2. The maximum atomic E-state index is 12.0. The lowest BCUT2D eigenvalue weighted by atomic mass is 10.2. The van der Waals surface area contributed by atoms with Crippen LogP contribution in [0.4, 0.5) is 5.69 Å². The number of anilines is 1. The summed E-state index contributed by atoms with van der Waals surface area (Å²) in [5.41, 5.74) is 0.986. The highest BCUT2D eigenvalue weighted by Crippen LogP contribution is 2.11. The molecule has 5 nitrogen and oxygen atoms in total. The molecule has 0 aliphatic carbocycles. The summed E-state index contributed by atoms with van der Waals surface area (Å²) in [6.45, 7) is 1.61. The number of carbonyl (C=O) groups is 2. The van der Waals surface area contributed by atoms with Gasteiger partial charge in [0.2, 0.25) is 5.91 Å². The predicted molar refractivity (Wildman–Crippen MR) is 81.0 cm³/mol. The van der Waals surface area contributed by atoms with Crippen molar-refractivity contribution in [3.05, 3.63) is 52.2 Å². The van der Waals surface area contributed by atoms with Crippen molar-refractivity contribution in [2.24, 2.45) is 0 Å². The molecule has 21 heavy (non-hydrogen) atoms. The SMILES string of the molecule is CC(NC(=O)c1cccs1)C(=O)Nc1cccc(C#N)c1. The minimum atomic E-state index is -0.676. The number of carbonyl (C=O) groups excluding carboxylic acids is 2. The van der Waals surface area contributed by atoms with Gasteiger partial charge in [-0.3, -0.25) is 9.59 Å². The van der Waals surface area contributed by atoms with Gasteiger partial charge in [-0.1, -0.05) is 12.1 Å². The Morgan fingerprint density at radius 2 is 2.10 bits per heavy atom. The van der Waals surface area contributed by atoms with E-state index >= 15 is 0 Å². The first kappa shape index (κ1) is 14.8. The molecule has 0 radical (unpaired) electrons. The van der Waals surface area contributed by atoms with E-state index in [0.717, 1.165) is 0 Å². The molecule has 1 aromatic carbocycles. The Balaban J connectivity index is 1.96. The molecule has 2 aromatic rings. The number of rotatable bonds is 4. The Labute approximate surface area is 126 Å². The fraction of sp³-hybridized carbons (Fsp3) is 0.133. The van der Waals surface area contributed by atoms with Crippen molar-refractivity contribution in [3.8, 4) is 6.07 Å². The maximum absolute atomic E-state index is 12.0. The van der Waals surface area contributed by atoms with Gasteiger partial charge in [0.15, 0.2) is 0 Å². The molecule has 2 rings (SSSR count). The highest BCUT2D eigenvalue weighted by atomic mass is 32.1. The van der Waals surface area contributed by atoms with E-state index < -0.39 is 6.04 Å². The third-order valence-electron chi connectivity index (χ3n) is 2.75. The van der Waals surface area contributed by atoms with Gasteiger partial charge in [0.1, 0.15) is 6.04 Å². The summed E-state index contributed by atoms with van der Waals surface area (Å²) in [6.07, 6.45) is 0. The van der Waals surface area contributed by atoms with E-state index in [1.165, 1.54) is 11.3 Å². The first-order valence-electron chi connectivity index (χ1n) is 6.25. The zero-order chi connectivity index (χ0) is 15.2. The molecular formula is C15H13N3O2S. The van der Waals surface area contributed by atoms with Crippen LogP contribution in [0.2, 0.25) is 0 Å². The van der Waals surface area contributed by atoms with Crippen molar-refractivity contribution in [2.45, 2.75) is 13.0 Å². The van der Waals surface area contributed by atoms with E-state index in [1.807, 2.05) is 6.07 Å². The van der Waals surface area contributed by atoms with Gasteiger partial charge in [0.05, 0.1) is 16.5 Å². The third kappa shape index (κ3) is 3.91. The van der Waals surface area contributed by atoms with Gasteiger partial charge in [0.25, 0.3) is 5.91 Å². The molecule has 1 unspecified atom stereocenters. The second kappa shape index (κ2) is 6.68. The number of amides is 2. The van der Waals surface area contributed by atoms with Crippen molar-refractivity contribution >= 4 is 28.8 Å². The van der Waals surface area contributed by atoms with Crippen LogP contribution in [-0.2, 0) is 4.79 Å². The average molecular weight is 299 g/mol. The van der Waals surface area contributed by atoms with Crippen LogP contribution in [0, 0.1) is 11.3 Å². The summed E-state index contributed by atoms with van der Waals surface area (Å²) in [5.74, 6) is -0.617. The quantitative estimate of drug-likeness (QED) is 0.909. The largest absolute Gasteiger partial charge is 0.340 e. The van der Waals surface area contributed by atoms with E-state index in [2.05, 4.69) is 10.6 Å². The fourth-order valence-electron chi connectivity index (χ4n) is 1.66. The highest BCUT2D eigenvalue weighted by molar-refractivity contribution is 7.12. The van der Waals surface area contributed by atoms with Gasteiger partial charge in [-0.25, -0.2) is 0 Å². The van der Waals surface area contributed by atoms with E-state index in [9.17, 15) is 9.59 Å². The van der Waals surface area contributed by atoms with Crippen LogP contribution in [0.15, 0.2) is 41.8 Å². The molecule has 0 aliphatic heterocycles. The number of nitriles is 1. The second-order valence-electron chi connectivity index (χ2n) is 4.35. The van der Waals surface area contributed by atoms with Crippen molar-refractivity contribution in [3.63, 3.8) is 0 Å². The molecule has 0 spiro atoms. The standard InChI is InChI=1S/C15H13N3O2S/c1-10(17-15(20)13-6-3-7-21-13)14(19)18-12-5-2-4-11(8-12)9-16/h2-8,10H,1H3,(H,17,20)(H,18,19). The molecular weight excluding hydrogens is 286 g/mol. The van der Waals surface area contributed by atoms with Gasteiger partial charge < -0.3 is 10.6 Å². The number of nitrogens with zero attached hydrogens (tertiary/aromatic N) is 1. The van der Waals surface area contributed by atoms with Crippen LogP contribution >= 0.6 is 11.3 Å². The molecule has 0 bridgehead atoms. The topological polar surface area (TPSA) is 82.0 Å². The van der Waals surface area contributed by atoms with Gasteiger partial charge >= 0.3 is 0 Å². The predicted octanol–water partition coefficient (Wildman–Crippen LogP) is 2.38. The first-order valence-corrected chi connectivity index (χ1v) is 7.13. The van der Waals surface area contributed by atoms with Crippen LogP contribution in [-0.4, -0.2) is 17.9 Å². The average Bonchev–Trinajstić information content (AvgIpc) is 3.01. The fourth-order valence-corrected chi connectivity index (χ4v) is 2.28. The maximum Gasteiger partial charge on any atom is 0.261 e. The Morgan fingerprint density at radius 1 is 1.29 bits per heavy atom. The monoisotopic (exact) mass is 299 g/mol. The van der Waals surface area contributed by atoms with Gasteiger partial charge in [-0.05, 0) is 36.6 Å². The third-order valence-corrected chi connectivity index (χ3v) is 3.61. The van der Waals surface area contributed by atoms with Crippen LogP contribution in [0.3, 0.4) is 0 Å². The van der Waals surface area contributed by atoms with Crippen molar-refractivity contribution < 1.29 is 9.59 Å². The van der Waals surface area contributed by atoms with Gasteiger partial charge in [0, 0.05) is 5.69 Å². The Hall–Kier alpha value is -2.65. The van der Waals surface area contributed by atoms with Crippen LogP contribution < -0.4 is 10.6 Å². The van der Waals surface area contributed by atoms with Crippen molar-refractivity contribution in [1.29, 1.82) is 5.26 Å². The first-order chi connectivity index (χ1) is 10.1. The number of benzene rings is 1. The smallest absolute Gasteiger partial charge is 0.261 e. The van der Waals surface area contributed by atoms with E-state index in [1.54, 1.807) is 48.7 Å². The summed E-state index contributed by atoms with van der Waals surface area (Å²) >= 11 is 1.31. The minimum absolute atomic E-state index is 0.279. The molecule has 0 aliphatic rings. The summed E-state index contributed by atoms with van der Waals surface area (Å²) in [6, 6.07) is 11.4.